The van der Waals surface area contributed by atoms with Crippen LogP contribution in [-0.4, -0.2) is 16.8 Å². The van der Waals surface area contributed by atoms with Gasteiger partial charge in [-0.3, -0.25) is 4.79 Å². The predicted octanol–water partition coefficient (Wildman–Crippen LogP) is 3.14. The summed E-state index contributed by atoms with van der Waals surface area (Å²) >= 11 is 8.89. The molecule has 1 aromatic rings. The third-order valence-electron chi connectivity index (χ3n) is 2.67. The lowest BCUT2D eigenvalue weighted by molar-refractivity contribution is 0.0936. The summed E-state index contributed by atoms with van der Waals surface area (Å²) in [5.41, 5.74) is 0.168. The number of hydrogen-bond donors (Lipinski definition) is 1. The van der Waals surface area contributed by atoms with Crippen molar-refractivity contribution < 1.29 is 9.18 Å². The molecule has 0 bridgehead atoms. The number of alkyl halides is 1. The topological polar surface area (TPSA) is 29.1 Å². The minimum atomic E-state index is -0.571. The number of carbonyl (C=O) groups excluding carboxylic acids is 1. The second kappa shape index (κ2) is 4.34. The monoisotopic (exact) mass is 305 g/mol. The van der Waals surface area contributed by atoms with Crippen molar-refractivity contribution in [3.63, 3.8) is 0 Å². The van der Waals surface area contributed by atoms with Crippen molar-refractivity contribution >= 4 is 33.4 Å². The van der Waals surface area contributed by atoms with Gasteiger partial charge in [0.2, 0.25) is 0 Å². The Balaban J connectivity index is 2.12. The molecule has 5 heteroatoms. The van der Waals surface area contributed by atoms with E-state index < -0.39 is 5.82 Å². The normalized spacial score (nSPS) is 16.9. The van der Waals surface area contributed by atoms with Crippen LogP contribution in [0.25, 0.3) is 0 Å². The van der Waals surface area contributed by atoms with E-state index >= 15 is 0 Å². The van der Waals surface area contributed by atoms with Crippen molar-refractivity contribution in [2.75, 3.05) is 5.33 Å². The molecule has 1 aliphatic rings. The highest BCUT2D eigenvalue weighted by Gasteiger charge is 2.43. The van der Waals surface area contributed by atoms with Gasteiger partial charge in [0.15, 0.2) is 0 Å². The van der Waals surface area contributed by atoms with Gasteiger partial charge in [-0.05, 0) is 31.0 Å². The second-order valence-corrected chi connectivity index (χ2v) is 4.96. The zero-order chi connectivity index (χ0) is 11.8. The quantitative estimate of drug-likeness (QED) is 0.854. The van der Waals surface area contributed by atoms with Crippen LogP contribution >= 0.6 is 27.5 Å². The average molecular weight is 307 g/mol. The molecule has 2 rings (SSSR count). The van der Waals surface area contributed by atoms with Gasteiger partial charge in [-0.15, -0.1) is 0 Å². The molecule has 1 aromatic carbocycles. The number of rotatable bonds is 3. The van der Waals surface area contributed by atoms with Crippen LogP contribution in [-0.2, 0) is 0 Å². The summed E-state index contributed by atoms with van der Waals surface area (Å²) in [5, 5.41) is 3.63. The number of carbonyl (C=O) groups is 1. The first-order valence-corrected chi connectivity index (χ1v) is 6.40. The van der Waals surface area contributed by atoms with Crippen molar-refractivity contribution in [1.82, 2.24) is 5.32 Å². The minimum Gasteiger partial charge on any atom is -0.346 e. The van der Waals surface area contributed by atoms with E-state index in [1.807, 2.05) is 0 Å². The second-order valence-electron chi connectivity index (χ2n) is 4.00. The van der Waals surface area contributed by atoms with E-state index in [0.29, 0.717) is 5.56 Å². The van der Waals surface area contributed by atoms with Crippen molar-refractivity contribution in [2.24, 2.45) is 0 Å². The number of nitrogens with one attached hydrogen (secondary N) is 1. The maximum absolute atomic E-state index is 13.1. The lowest BCUT2D eigenvalue weighted by Gasteiger charge is -2.14. The molecule has 86 valence electrons. The number of hydrogen-bond acceptors (Lipinski definition) is 1. The molecule has 0 aromatic heterocycles. The Morgan fingerprint density at radius 3 is 2.75 bits per heavy atom. The fourth-order valence-corrected chi connectivity index (χ4v) is 2.21. The average Bonchev–Trinajstić information content (AvgIpc) is 3.02. The van der Waals surface area contributed by atoms with Crippen molar-refractivity contribution in [2.45, 2.75) is 18.4 Å². The highest BCUT2D eigenvalue weighted by molar-refractivity contribution is 9.09. The van der Waals surface area contributed by atoms with E-state index in [1.165, 1.54) is 12.1 Å². The molecule has 1 fully saturated rings. The van der Waals surface area contributed by atoms with Crippen LogP contribution in [0.15, 0.2) is 18.2 Å². The molecule has 0 spiro atoms. The van der Waals surface area contributed by atoms with Gasteiger partial charge in [0.1, 0.15) is 5.82 Å². The molecule has 0 aliphatic heterocycles. The van der Waals surface area contributed by atoms with Crippen molar-refractivity contribution in [1.29, 1.82) is 0 Å². The Morgan fingerprint density at radius 2 is 2.25 bits per heavy atom. The van der Waals surface area contributed by atoms with Crippen molar-refractivity contribution in [3.8, 4) is 0 Å². The molecule has 0 saturated heterocycles. The molecule has 0 unspecified atom stereocenters. The molecule has 0 heterocycles. The Morgan fingerprint density at radius 1 is 1.56 bits per heavy atom. The third kappa shape index (κ3) is 2.38. The van der Waals surface area contributed by atoms with Crippen LogP contribution in [0.3, 0.4) is 0 Å². The maximum atomic E-state index is 13.1. The van der Waals surface area contributed by atoms with Crippen LogP contribution in [0.5, 0.6) is 0 Å². The summed E-state index contributed by atoms with van der Waals surface area (Å²) in [6, 6.07) is 4.06. The van der Waals surface area contributed by atoms with E-state index in [4.69, 9.17) is 11.6 Å². The van der Waals surface area contributed by atoms with Crippen LogP contribution in [0.4, 0.5) is 4.39 Å². The third-order valence-corrected chi connectivity index (χ3v) is 4.05. The number of halogens is 3. The van der Waals surface area contributed by atoms with Gasteiger partial charge in [0, 0.05) is 10.9 Å². The van der Waals surface area contributed by atoms with Crippen LogP contribution < -0.4 is 5.32 Å². The Bertz CT molecular complexity index is 434. The fourth-order valence-electron chi connectivity index (χ4n) is 1.39. The van der Waals surface area contributed by atoms with Crippen LogP contribution in [0.1, 0.15) is 23.2 Å². The summed E-state index contributed by atoms with van der Waals surface area (Å²) in [5.74, 6) is -0.828. The van der Waals surface area contributed by atoms with E-state index in [0.717, 1.165) is 24.2 Å². The highest BCUT2D eigenvalue weighted by atomic mass is 79.9. The Kier molecular flexibility index (Phi) is 3.22. The lowest BCUT2D eigenvalue weighted by atomic mass is 10.2. The fraction of sp³-hybridized carbons (Fsp3) is 0.364. The summed E-state index contributed by atoms with van der Waals surface area (Å²) in [4.78, 5) is 11.8. The molecule has 1 amide bonds. The van der Waals surface area contributed by atoms with Gasteiger partial charge in [-0.2, -0.15) is 0 Å². The van der Waals surface area contributed by atoms with Gasteiger partial charge >= 0.3 is 0 Å². The minimum absolute atomic E-state index is 0.0261. The molecular weight excluding hydrogens is 296 g/mol. The van der Waals surface area contributed by atoms with Crippen LogP contribution in [0, 0.1) is 5.82 Å². The molecule has 1 N–H and O–H groups in total. The van der Waals surface area contributed by atoms with E-state index in [1.54, 1.807) is 0 Å². The number of benzene rings is 1. The SMILES string of the molecule is O=C(NC1(CBr)CC1)c1ccc(Cl)c(F)c1. The summed E-state index contributed by atoms with van der Waals surface area (Å²) in [7, 11) is 0. The lowest BCUT2D eigenvalue weighted by Crippen LogP contribution is -2.38. The van der Waals surface area contributed by atoms with Gasteiger partial charge in [-0.25, -0.2) is 4.39 Å². The van der Waals surface area contributed by atoms with Crippen LogP contribution in [0.2, 0.25) is 5.02 Å². The molecule has 2 nitrogen and oxygen atoms in total. The molecular formula is C11H10BrClFNO. The van der Waals surface area contributed by atoms with Gasteiger partial charge in [0.25, 0.3) is 5.91 Å². The van der Waals surface area contributed by atoms with E-state index in [2.05, 4.69) is 21.2 Å². The molecule has 1 saturated carbocycles. The zero-order valence-corrected chi connectivity index (χ0v) is 10.7. The standard InChI is InChI=1S/C11H10BrClFNO/c12-6-11(3-4-11)15-10(16)7-1-2-8(13)9(14)5-7/h1-2,5H,3-4,6H2,(H,15,16). The van der Waals surface area contributed by atoms with Gasteiger partial charge < -0.3 is 5.32 Å². The number of amides is 1. The molecule has 0 atom stereocenters. The maximum Gasteiger partial charge on any atom is 0.251 e. The first kappa shape index (κ1) is 11.9. The smallest absolute Gasteiger partial charge is 0.251 e. The first-order chi connectivity index (χ1) is 7.56. The Hall–Kier alpha value is -0.610. The first-order valence-electron chi connectivity index (χ1n) is 4.90. The Labute approximate surface area is 106 Å². The molecule has 1 aliphatic carbocycles. The highest BCUT2D eigenvalue weighted by Crippen LogP contribution is 2.37. The summed E-state index contributed by atoms with van der Waals surface area (Å²) < 4.78 is 13.1. The largest absolute Gasteiger partial charge is 0.346 e. The molecule has 16 heavy (non-hydrogen) atoms. The zero-order valence-electron chi connectivity index (χ0n) is 8.40. The van der Waals surface area contributed by atoms with Crippen molar-refractivity contribution in [3.05, 3.63) is 34.6 Å². The summed E-state index contributed by atoms with van der Waals surface area (Å²) in [6.07, 6.45) is 1.92. The molecule has 0 radical (unpaired) electrons. The van der Waals surface area contributed by atoms with E-state index in [-0.39, 0.29) is 16.5 Å². The predicted molar refractivity (Wildman–Crippen MR) is 64.6 cm³/mol. The summed E-state index contributed by atoms with van der Waals surface area (Å²) in [6.45, 7) is 0. The van der Waals surface area contributed by atoms with Gasteiger partial charge in [0.05, 0.1) is 10.6 Å². The van der Waals surface area contributed by atoms with E-state index in [9.17, 15) is 9.18 Å². The van der Waals surface area contributed by atoms with Gasteiger partial charge in [-0.1, -0.05) is 27.5 Å².